The highest BCUT2D eigenvalue weighted by Gasteiger charge is 2.19. The van der Waals surface area contributed by atoms with Gasteiger partial charge < -0.3 is 14.4 Å². The SMILES string of the molecule is COc1ccc2c(Oc3ccc(CC(=O)c4cc(CN(C)C)nn(-c5ccccc5)c4=O)cc3F)ccnc2c1. The number of hydrogen-bond donors (Lipinski definition) is 0. The molecule has 0 bridgehead atoms. The number of ether oxygens (including phenoxy) is 2. The Morgan fingerprint density at radius 3 is 2.50 bits per heavy atom. The molecule has 0 saturated heterocycles. The summed E-state index contributed by atoms with van der Waals surface area (Å²) in [7, 11) is 5.32. The van der Waals surface area contributed by atoms with E-state index in [0.29, 0.717) is 45.9 Å². The molecule has 2 heterocycles. The zero-order valence-electron chi connectivity index (χ0n) is 22.3. The lowest BCUT2D eigenvalue weighted by Crippen LogP contribution is -2.30. The van der Waals surface area contributed by atoms with Gasteiger partial charge in [-0.1, -0.05) is 24.3 Å². The molecular formula is C31H27FN4O4. The number of hydrogen-bond acceptors (Lipinski definition) is 7. The number of pyridine rings is 1. The second kappa shape index (κ2) is 11.5. The molecular weight excluding hydrogens is 511 g/mol. The minimum atomic E-state index is -0.631. The van der Waals surface area contributed by atoms with Crippen LogP contribution in [0.1, 0.15) is 21.6 Å². The third-order valence-corrected chi connectivity index (χ3v) is 6.23. The number of carbonyl (C=O) groups excluding carboxylic acids is 1. The first-order valence-electron chi connectivity index (χ1n) is 12.6. The molecule has 0 aliphatic rings. The first-order chi connectivity index (χ1) is 19.3. The number of ketones is 1. The second-order valence-electron chi connectivity index (χ2n) is 9.50. The largest absolute Gasteiger partial charge is 0.497 e. The van der Waals surface area contributed by atoms with E-state index < -0.39 is 17.2 Å². The van der Waals surface area contributed by atoms with Crippen LogP contribution in [0.4, 0.5) is 4.39 Å². The number of methoxy groups -OCH3 is 1. The first-order valence-corrected chi connectivity index (χ1v) is 12.6. The van der Waals surface area contributed by atoms with Crippen LogP contribution in [-0.4, -0.2) is 46.7 Å². The van der Waals surface area contributed by atoms with Crippen molar-refractivity contribution in [2.75, 3.05) is 21.2 Å². The van der Waals surface area contributed by atoms with Crippen LogP contribution in [0.3, 0.4) is 0 Å². The highest BCUT2D eigenvalue weighted by Crippen LogP contribution is 2.32. The number of carbonyl (C=O) groups is 1. The van der Waals surface area contributed by atoms with Gasteiger partial charge >= 0.3 is 0 Å². The predicted octanol–water partition coefficient (Wildman–Crippen LogP) is 5.21. The van der Waals surface area contributed by atoms with Crippen molar-refractivity contribution in [2.45, 2.75) is 13.0 Å². The topological polar surface area (TPSA) is 86.5 Å². The van der Waals surface area contributed by atoms with E-state index in [4.69, 9.17) is 9.47 Å². The van der Waals surface area contributed by atoms with E-state index in [-0.39, 0.29) is 17.7 Å². The minimum Gasteiger partial charge on any atom is -0.497 e. The average molecular weight is 539 g/mol. The number of halogens is 1. The van der Waals surface area contributed by atoms with Crippen LogP contribution >= 0.6 is 0 Å². The van der Waals surface area contributed by atoms with Crippen LogP contribution in [0.5, 0.6) is 17.2 Å². The Morgan fingerprint density at radius 2 is 1.77 bits per heavy atom. The van der Waals surface area contributed by atoms with Crippen LogP contribution in [0.25, 0.3) is 16.6 Å². The van der Waals surface area contributed by atoms with Crippen LogP contribution in [0, 0.1) is 5.82 Å². The van der Waals surface area contributed by atoms with Crippen LogP contribution in [-0.2, 0) is 13.0 Å². The van der Waals surface area contributed by atoms with E-state index in [1.807, 2.05) is 25.1 Å². The van der Waals surface area contributed by atoms with E-state index in [9.17, 15) is 9.59 Å². The van der Waals surface area contributed by atoms with Crippen molar-refractivity contribution in [1.29, 1.82) is 0 Å². The van der Waals surface area contributed by atoms with Gasteiger partial charge in [0.2, 0.25) is 0 Å². The smallest absolute Gasteiger partial charge is 0.282 e. The zero-order valence-corrected chi connectivity index (χ0v) is 22.3. The molecule has 5 aromatic rings. The standard InChI is InChI=1S/C31H27FN4O4/c1-35(2)19-21-17-25(31(38)36(34-21)22-7-5-4-6-8-22)28(37)16-20-9-12-30(26(32)15-20)40-29-13-14-33-27-18-23(39-3)10-11-24(27)29/h4-15,17-18H,16,19H2,1-3H3. The van der Waals surface area contributed by atoms with Crippen LogP contribution in [0.15, 0.2) is 89.9 Å². The van der Waals surface area contributed by atoms with E-state index in [1.165, 1.54) is 22.9 Å². The summed E-state index contributed by atoms with van der Waals surface area (Å²) in [5, 5.41) is 5.15. The Kier molecular flexibility index (Phi) is 7.65. The molecule has 0 spiro atoms. The fraction of sp³-hybridized carbons (Fsp3) is 0.161. The number of benzene rings is 3. The van der Waals surface area contributed by atoms with Gasteiger partial charge in [0.1, 0.15) is 11.5 Å². The molecule has 0 aliphatic heterocycles. The van der Waals surface area contributed by atoms with Gasteiger partial charge in [-0.25, -0.2) is 4.39 Å². The maximum Gasteiger partial charge on any atom is 0.282 e. The Hall–Kier alpha value is -4.89. The lowest BCUT2D eigenvalue weighted by atomic mass is 10.0. The number of para-hydroxylation sites is 1. The van der Waals surface area contributed by atoms with Crippen molar-refractivity contribution >= 4 is 16.7 Å². The second-order valence-corrected chi connectivity index (χ2v) is 9.50. The minimum absolute atomic E-state index is 0.00290. The van der Waals surface area contributed by atoms with E-state index in [1.54, 1.807) is 67.9 Å². The molecule has 0 unspecified atom stereocenters. The summed E-state index contributed by atoms with van der Waals surface area (Å²) in [6.07, 6.45) is 1.41. The highest BCUT2D eigenvalue weighted by atomic mass is 19.1. The van der Waals surface area contributed by atoms with Crippen molar-refractivity contribution in [3.05, 3.63) is 118 Å². The molecule has 0 radical (unpaired) electrons. The molecule has 40 heavy (non-hydrogen) atoms. The summed E-state index contributed by atoms with van der Waals surface area (Å²) < 4.78 is 27.5. The Morgan fingerprint density at radius 1 is 0.975 bits per heavy atom. The Bertz CT molecular complexity index is 1750. The molecule has 202 valence electrons. The summed E-state index contributed by atoms with van der Waals surface area (Å²) in [6, 6.07) is 21.8. The van der Waals surface area contributed by atoms with Crippen molar-refractivity contribution in [2.24, 2.45) is 0 Å². The molecule has 0 amide bonds. The fourth-order valence-corrected chi connectivity index (χ4v) is 4.34. The van der Waals surface area contributed by atoms with Gasteiger partial charge in [-0.3, -0.25) is 14.6 Å². The number of fused-ring (bicyclic) bond motifs is 1. The lowest BCUT2D eigenvalue weighted by molar-refractivity contribution is 0.0990. The fourth-order valence-electron chi connectivity index (χ4n) is 4.34. The van der Waals surface area contributed by atoms with Gasteiger partial charge in [-0.15, -0.1) is 0 Å². The van der Waals surface area contributed by atoms with Gasteiger partial charge in [-0.05, 0) is 68.2 Å². The number of rotatable bonds is 9. The highest BCUT2D eigenvalue weighted by molar-refractivity contribution is 5.97. The molecule has 0 atom stereocenters. The Labute approximate surface area is 230 Å². The summed E-state index contributed by atoms with van der Waals surface area (Å²) in [5.74, 6) is 0.0221. The molecule has 0 N–H and O–H groups in total. The van der Waals surface area contributed by atoms with Gasteiger partial charge in [0, 0.05) is 30.6 Å². The van der Waals surface area contributed by atoms with Crippen molar-refractivity contribution in [3.63, 3.8) is 0 Å². The van der Waals surface area contributed by atoms with E-state index in [0.717, 1.165) is 0 Å². The van der Waals surface area contributed by atoms with Crippen LogP contribution < -0.4 is 15.0 Å². The molecule has 2 aromatic heterocycles. The normalized spacial score (nSPS) is 11.1. The van der Waals surface area contributed by atoms with Crippen molar-refractivity contribution in [1.82, 2.24) is 19.7 Å². The summed E-state index contributed by atoms with van der Waals surface area (Å²) in [5.41, 5.74) is 1.64. The van der Waals surface area contributed by atoms with Crippen molar-refractivity contribution in [3.8, 4) is 22.9 Å². The molecule has 0 saturated carbocycles. The third-order valence-electron chi connectivity index (χ3n) is 6.23. The van der Waals surface area contributed by atoms with Gasteiger partial charge in [0.15, 0.2) is 17.3 Å². The van der Waals surface area contributed by atoms with Crippen LogP contribution in [0.2, 0.25) is 0 Å². The quantitative estimate of drug-likeness (QED) is 0.238. The summed E-state index contributed by atoms with van der Waals surface area (Å²) in [6.45, 7) is 0.435. The molecule has 9 heteroatoms. The van der Waals surface area contributed by atoms with Crippen molar-refractivity contribution < 1.29 is 18.7 Å². The van der Waals surface area contributed by atoms with Gasteiger partial charge in [0.05, 0.1) is 29.6 Å². The number of nitrogens with zero attached hydrogens (tertiary/aromatic N) is 4. The molecule has 8 nitrogen and oxygen atoms in total. The maximum absolute atomic E-state index is 15.1. The molecule has 0 fully saturated rings. The lowest BCUT2D eigenvalue weighted by Gasteiger charge is -2.13. The van der Waals surface area contributed by atoms with E-state index >= 15 is 4.39 Å². The van der Waals surface area contributed by atoms with E-state index in [2.05, 4.69) is 10.1 Å². The number of Topliss-reactive ketones (excluding diaryl/α,β-unsaturated/α-hetero) is 1. The van der Waals surface area contributed by atoms with Gasteiger partial charge in [-0.2, -0.15) is 9.78 Å². The molecule has 0 aliphatic carbocycles. The van der Waals surface area contributed by atoms with Gasteiger partial charge in [0.25, 0.3) is 5.56 Å². The monoisotopic (exact) mass is 538 g/mol. The number of aromatic nitrogens is 3. The summed E-state index contributed by atoms with van der Waals surface area (Å²) >= 11 is 0. The Balaban J connectivity index is 1.41. The zero-order chi connectivity index (χ0) is 28.2. The molecule has 5 rings (SSSR count). The molecule has 3 aromatic carbocycles. The summed E-state index contributed by atoms with van der Waals surface area (Å²) in [4.78, 5) is 32.8. The predicted molar refractivity (Wildman–Crippen MR) is 150 cm³/mol. The maximum atomic E-state index is 15.1. The first kappa shape index (κ1) is 26.7. The third kappa shape index (κ3) is 5.74. The average Bonchev–Trinajstić information content (AvgIpc) is 2.95.